The zero-order valence-electron chi connectivity index (χ0n) is 8.15. The smallest absolute Gasteiger partial charge is 0.215 e. The minimum Gasteiger partial charge on any atom is -0.439 e. The van der Waals surface area contributed by atoms with Crippen LogP contribution in [0.1, 0.15) is 19.7 Å². The van der Waals surface area contributed by atoms with E-state index in [1.807, 2.05) is 38.1 Å². The molecule has 0 aliphatic carbocycles. The summed E-state index contributed by atoms with van der Waals surface area (Å²) in [5.74, 6) is 0.578. The van der Waals surface area contributed by atoms with Gasteiger partial charge in [-0.2, -0.15) is 0 Å². The van der Waals surface area contributed by atoms with Crippen LogP contribution in [0.5, 0.6) is 0 Å². The molecule has 0 spiro atoms. The van der Waals surface area contributed by atoms with Crippen LogP contribution in [0.4, 0.5) is 0 Å². The molecule has 3 nitrogen and oxygen atoms in total. The summed E-state index contributed by atoms with van der Waals surface area (Å²) in [5, 5.41) is 0. The van der Waals surface area contributed by atoms with Gasteiger partial charge in [0.2, 0.25) is 5.89 Å². The van der Waals surface area contributed by atoms with E-state index in [0.29, 0.717) is 5.89 Å². The summed E-state index contributed by atoms with van der Waals surface area (Å²) in [6.07, 6.45) is 0. The highest BCUT2D eigenvalue weighted by Crippen LogP contribution is 2.21. The van der Waals surface area contributed by atoms with E-state index in [1.54, 1.807) is 0 Å². The molecule has 2 N–H and O–H groups in total. The predicted octanol–water partition coefficient (Wildman–Crippen LogP) is 2.44. The Bertz CT molecular complexity index is 398. The number of fused-ring (bicyclic) bond motifs is 1. The van der Waals surface area contributed by atoms with E-state index < -0.39 is 5.54 Å². The molecule has 0 aliphatic heterocycles. The van der Waals surface area contributed by atoms with E-state index in [0.717, 1.165) is 11.1 Å². The molecule has 14 heavy (non-hydrogen) atoms. The molecular weight excluding hydrogens is 200 g/mol. The molecule has 0 saturated carbocycles. The molecule has 76 valence electrons. The lowest BCUT2D eigenvalue weighted by Gasteiger charge is -2.11. The number of rotatable bonds is 1. The molecule has 1 heterocycles. The molecule has 1 aromatic carbocycles. The highest BCUT2D eigenvalue weighted by Gasteiger charge is 2.20. The Balaban J connectivity index is 0.000000980. The highest BCUT2D eigenvalue weighted by molar-refractivity contribution is 5.85. The number of hydrogen-bond acceptors (Lipinski definition) is 3. The van der Waals surface area contributed by atoms with E-state index >= 15 is 0 Å². The Morgan fingerprint density at radius 1 is 1.29 bits per heavy atom. The van der Waals surface area contributed by atoms with Crippen molar-refractivity contribution in [2.75, 3.05) is 0 Å². The number of hydrogen-bond donors (Lipinski definition) is 1. The molecule has 0 amide bonds. The van der Waals surface area contributed by atoms with Crippen LogP contribution in [0.15, 0.2) is 28.7 Å². The zero-order valence-corrected chi connectivity index (χ0v) is 8.97. The first kappa shape index (κ1) is 11.0. The van der Waals surface area contributed by atoms with E-state index in [9.17, 15) is 0 Å². The van der Waals surface area contributed by atoms with Crippen molar-refractivity contribution in [3.05, 3.63) is 30.2 Å². The second kappa shape index (κ2) is 3.59. The fourth-order valence-electron chi connectivity index (χ4n) is 1.15. The van der Waals surface area contributed by atoms with Crippen LogP contribution in [0.3, 0.4) is 0 Å². The first-order valence-corrected chi connectivity index (χ1v) is 4.22. The third-order valence-corrected chi connectivity index (χ3v) is 1.85. The Morgan fingerprint density at radius 2 is 1.93 bits per heavy atom. The van der Waals surface area contributed by atoms with Gasteiger partial charge in [-0.15, -0.1) is 12.4 Å². The Kier molecular flexibility index (Phi) is 2.83. The second-order valence-corrected chi connectivity index (χ2v) is 3.71. The number of para-hydroxylation sites is 2. The maximum absolute atomic E-state index is 5.86. The van der Waals surface area contributed by atoms with Gasteiger partial charge in [0.25, 0.3) is 0 Å². The Morgan fingerprint density at radius 3 is 2.50 bits per heavy atom. The van der Waals surface area contributed by atoms with Crippen LogP contribution in [0.25, 0.3) is 11.1 Å². The van der Waals surface area contributed by atoms with Crippen LogP contribution in [0.2, 0.25) is 0 Å². The van der Waals surface area contributed by atoms with E-state index in [1.165, 1.54) is 0 Å². The fraction of sp³-hybridized carbons (Fsp3) is 0.300. The summed E-state index contributed by atoms with van der Waals surface area (Å²) >= 11 is 0. The number of oxazole rings is 1. The number of nitrogens with zero attached hydrogens (tertiary/aromatic N) is 1. The lowest BCUT2D eigenvalue weighted by Crippen LogP contribution is -2.28. The van der Waals surface area contributed by atoms with Gasteiger partial charge in [0, 0.05) is 0 Å². The molecule has 4 heteroatoms. The van der Waals surface area contributed by atoms with Gasteiger partial charge in [0.05, 0.1) is 5.54 Å². The zero-order chi connectivity index (χ0) is 9.47. The minimum atomic E-state index is -0.515. The molecule has 0 saturated heterocycles. The van der Waals surface area contributed by atoms with Gasteiger partial charge in [-0.3, -0.25) is 0 Å². The average molecular weight is 213 g/mol. The standard InChI is InChI=1S/C10H12N2O.ClH/c1-10(2,11)9-12-7-5-3-4-6-8(7)13-9;/h3-6H,11H2,1-2H3;1H. The van der Waals surface area contributed by atoms with Crippen molar-refractivity contribution in [2.45, 2.75) is 19.4 Å². The molecule has 0 radical (unpaired) electrons. The molecule has 1 aromatic heterocycles. The quantitative estimate of drug-likeness (QED) is 0.790. The minimum absolute atomic E-state index is 0. The lowest BCUT2D eigenvalue weighted by molar-refractivity contribution is 0.394. The summed E-state index contributed by atoms with van der Waals surface area (Å²) < 4.78 is 5.50. The van der Waals surface area contributed by atoms with Crippen LogP contribution in [-0.4, -0.2) is 4.98 Å². The lowest BCUT2D eigenvalue weighted by atomic mass is 10.1. The molecule has 2 aromatic rings. The van der Waals surface area contributed by atoms with Crippen molar-refractivity contribution in [1.82, 2.24) is 4.98 Å². The van der Waals surface area contributed by atoms with Gasteiger partial charge in [0.15, 0.2) is 5.58 Å². The SMILES string of the molecule is CC(C)(N)c1nc2ccccc2o1.Cl. The molecule has 0 unspecified atom stereocenters. The first-order valence-electron chi connectivity index (χ1n) is 4.22. The molecular formula is C10H13ClN2O. The highest BCUT2D eigenvalue weighted by atomic mass is 35.5. The van der Waals surface area contributed by atoms with Crippen molar-refractivity contribution < 1.29 is 4.42 Å². The van der Waals surface area contributed by atoms with Gasteiger partial charge in [-0.05, 0) is 26.0 Å². The summed E-state index contributed by atoms with van der Waals surface area (Å²) in [7, 11) is 0. The van der Waals surface area contributed by atoms with Gasteiger partial charge in [-0.25, -0.2) is 4.98 Å². The summed E-state index contributed by atoms with van der Waals surface area (Å²) in [5.41, 5.74) is 6.99. The van der Waals surface area contributed by atoms with Crippen molar-refractivity contribution in [1.29, 1.82) is 0 Å². The van der Waals surface area contributed by atoms with Gasteiger partial charge >= 0.3 is 0 Å². The fourth-order valence-corrected chi connectivity index (χ4v) is 1.15. The van der Waals surface area contributed by atoms with E-state index in [2.05, 4.69) is 4.98 Å². The van der Waals surface area contributed by atoms with Crippen LogP contribution in [-0.2, 0) is 5.54 Å². The van der Waals surface area contributed by atoms with Crippen molar-refractivity contribution in [3.8, 4) is 0 Å². The van der Waals surface area contributed by atoms with Crippen molar-refractivity contribution in [3.63, 3.8) is 0 Å². The number of nitrogens with two attached hydrogens (primary N) is 1. The number of halogens is 1. The molecule has 2 rings (SSSR count). The molecule has 0 bridgehead atoms. The van der Waals surface area contributed by atoms with Crippen molar-refractivity contribution in [2.24, 2.45) is 5.73 Å². The van der Waals surface area contributed by atoms with Crippen molar-refractivity contribution >= 4 is 23.5 Å². The number of aromatic nitrogens is 1. The maximum Gasteiger partial charge on any atom is 0.215 e. The Labute approximate surface area is 88.7 Å². The molecule has 0 atom stereocenters. The molecule has 0 fully saturated rings. The topological polar surface area (TPSA) is 52.0 Å². The summed E-state index contributed by atoms with van der Waals surface area (Å²) in [6, 6.07) is 7.64. The van der Waals surface area contributed by atoms with Gasteiger partial charge in [-0.1, -0.05) is 12.1 Å². The third-order valence-electron chi connectivity index (χ3n) is 1.85. The van der Waals surface area contributed by atoms with E-state index in [-0.39, 0.29) is 12.4 Å². The monoisotopic (exact) mass is 212 g/mol. The summed E-state index contributed by atoms with van der Waals surface area (Å²) in [4.78, 5) is 4.29. The number of benzene rings is 1. The van der Waals surface area contributed by atoms with Crippen LogP contribution < -0.4 is 5.73 Å². The average Bonchev–Trinajstić information content (AvgIpc) is 2.45. The third kappa shape index (κ3) is 1.89. The van der Waals surface area contributed by atoms with Gasteiger partial charge in [0.1, 0.15) is 5.52 Å². The largest absolute Gasteiger partial charge is 0.439 e. The second-order valence-electron chi connectivity index (χ2n) is 3.71. The predicted molar refractivity (Wildman–Crippen MR) is 58.5 cm³/mol. The summed E-state index contributed by atoms with van der Waals surface area (Å²) in [6.45, 7) is 3.75. The van der Waals surface area contributed by atoms with E-state index in [4.69, 9.17) is 10.2 Å². The normalized spacial score (nSPS) is 11.4. The van der Waals surface area contributed by atoms with Crippen LogP contribution in [0, 0.1) is 0 Å². The van der Waals surface area contributed by atoms with Gasteiger partial charge < -0.3 is 10.2 Å². The maximum atomic E-state index is 5.86. The molecule has 0 aliphatic rings. The Hall–Kier alpha value is -1.06. The van der Waals surface area contributed by atoms with Crippen LogP contribution >= 0.6 is 12.4 Å². The first-order chi connectivity index (χ1) is 6.07.